The summed E-state index contributed by atoms with van der Waals surface area (Å²) in [7, 11) is 0. The monoisotopic (exact) mass is 448 g/mol. The molecular weight excluding hydrogens is 419 g/mol. The van der Waals surface area contributed by atoms with E-state index in [1.165, 1.54) is 24.2 Å². The zero-order valence-electron chi connectivity index (χ0n) is 18.6. The molecule has 0 spiro atoms. The Hall–Kier alpha value is -3.19. The molecule has 0 radical (unpaired) electrons. The van der Waals surface area contributed by atoms with Crippen molar-refractivity contribution >= 4 is 17.3 Å². The van der Waals surface area contributed by atoms with Gasteiger partial charge in [-0.05, 0) is 74.1 Å². The van der Waals surface area contributed by atoms with Gasteiger partial charge in [0.15, 0.2) is 0 Å². The van der Waals surface area contributed by atoms with Crippen LogP contribution in [0.4, 0.5) is 15.8 Å². The molecule has 1 aromatic heterocycles. The quantitative estimate of drug-likeness (QED) is 0.580. The van der Waals surface area contributed by atoms with Crippen LogP contribution in [0.2, 0.25) is 0 Å². The van der Waals surface area contributed by atoms with Gasteiger partial charge in [-0.25, -0.2) is 9.07 Å². The van der Waals surface area contributed by atoms with Crippen LogP contribution in [0, 0.1) is 11.7 Å². The van der Waals surface area contributed by atoms with Gasteiger partial charge in [0.25, 0.3) is 0 Å². The summed E-state index contributed by atoms with van der Waals surface area (Å²) in [5.41, 5.74) is 4.03. The van der Waals surface area contributed by atoms with E-state index in [-0.39, 0.29) is 23.9 Å². The molecule has 3 heterocycles. The molecule has 0 saturated carbocycles. The normalized spacial score (nSPS) is 19.4. The second-order valence-corrected chi connectivity index (χ2v) is 8.83. The molecule has 33 heavy (non-hydrogen) atoms. The molecule has 1 N–H and O–H groups in total. The number of benzene rings is 2. The van der Waals surface area contributed by atoms with Crippen molar-refractivity contribution in [2.45, 2.75) is 38.3 Å². The molecule has 1 atom stereocenters. The molecule has 0 bridgehead atoms. The highest BCUT2D eigenvalue weighted by atomic mass is 19.1. The van der Waals surface area contributed by atoms with Crippen molar-refractivity contribution in [1.82, 2.24) is 9.78 Å². The van der Waals surface area contributed by atoms with Crippen LogP contribution in [0.1, 0.15) is 38.3 Å². The third-order valence-corrected chi connectivity index (χ3v) is 6.60. The second kappa shape index (κ2) is 9.75. The number of nitrogens with one attached hydrogen (secondary N) is 1. The van der Waals surface area contributed by atoms with Gasteiger partial charge >= 0.3 is 0 Å². The van der Waals surface area contributed by atoms with E-state index in [0.29, 0.717) is 5.69 Å². The van der Waals surface area contributed by atoms with Gasteiger partial charge in [0, 0.05) is 48.7 Å². The van der Waals surface area contributed by atoms with Crippen molar-refractivity contribution in [2.24, 2.45) is 5.92 Å². The van der Waals surface area contributed by atoms with Crippen molar-refractivity contribution < 1.29 is 13.9 Å². The summed E-state index contributed by atoms with van der Waals surface area (Å²) in [5.74, 6) is -0.326. The Morgan fingerprint density at radius 1 is 0.970 bits per heavy atom. The number of ether oxygens (including phenoxy) is 1. The number of nitrogens with zero attached hydrogens (tertiary/aromatic N) is 3. The highest BCUT2D eigenvalue weighted by Gasteiger charge is 2.25. The number of amides is 1. The van der Waals surface area contributed by atoms with Gasteiger partial charge in [0.2, 0.25) is 5.91 Å². The van der Waals surface area contributed by atoms with Gasteiger partial charge < -0.3 is 15.0 Å². The van der Waals surface area contributed by atoms with Crippen LogP contribution in [0.15, 0.2) is 60.9 Å². The lowest BCUT2D eigenvalue weighted by Gasteiger charge is -2.33. The van der Waals surface area contributed by atoms with Gasteiger partial charge in [-0.1, -0.05) is 12.1 Å². The zero-order chi connectivity index (χ0) is 22.6. The summed E-state index contributed by atoms with van der Waals surface area (Å²) >= 11 is 0. The highest BCUT2D eigenvalue weighted by molar-refractivity contribution is 5.92. The Balaban J connectivity index is 1.16. The fourth-order valence-corrected chi connectivity index (χ4v) is 4.62. The molecule has 2 saturated heterocycles. The lowest BCUT2D eigenvalue weighted by atomic mass is 9.95. The van der Waals surface area contributed by atoms with E-state index in [1.54, 1.807) is 12.1 Å². The largest absolute Gasteiger partial charge is 0.371 e. The summed E-state index contributed by atoms with van der Waals surface area (Å²) < 4.78 is 20.8. The SMILES string of the molecule is O=C(Nc1ccc(F)cc1)C1CCN(c2ccc(-c3cnn(C4CCCCO4)c3)cc2)CC1. The number of hydrogen-bond donors (Lipinski definition) is 1. The van der Waals surface area contributed by atoms with Gasteiger partial charge in [-0.15, -0.1) is 0 Å². The highest BCUT2D eigenvalue weighted by Crippen LogP contribution is 2.29. The summed E-state index contributed by atoms with van der Waals surface area (Å²) in [5, 5.41) is 7.42. The number of rotatable bonds is 5. The van der Waals surface area contributed by atoms with Gasteiger partial charge in [-0.2, -0.15) is 5.10 Å². The summed E-state index contributed by atoms with van der Waals surface area (Å²) in [4.78, 5) is 14.9. The number of carbonyl (C=O) groups excluding carboxylic acids is 1. The molecule has 1 amide bonds. The fraction of sp³-hybridized carbons (Fsp3) is 0.385. The smallest absolute Gasteiger partial charge is 0.227 e. The molecule has 2 fully saturated rings. The first kappa shape index (κ1) is 21.6. The molecule has 5 rings (SSSR count). The Bertz CT molecular complexity index is 1070. The molecule has 2 aliphatic rings. The van der Waals surface area contributed by atoms with Crippen molar-refractivity contribution in [2.75, 3.05) is 29.9 Å². The van der Waals surface area contributed by atoms with Crippen molar-refractivity contribution in [3.63, 3.8) is 0 Å². The van der Waals surface area contributed by atoms with Crippen molar-refractivity contribution in [1.29, 1.82) is 0 Å². The lowest BCUT2D eigenvalue weighted by Crippen LogP contribution is -2.38. The Kier molecular flexibility index (Phi) is 6.39. The Morgan fingerprint density at radius 2 is 1.73 bits per heavy atom. The number of aromatic nitrogens is 2. The predicted molar refractivity (Wildman–Crippen MR) is 126 cm³/mol. The molecule has 2 aromatic carbocycles. The maximum Gasteiger partial charge on any atom is 0.227 e. The van der Waals surface area contributed by atoms with Crippen LogP contribution < -0.4 is 10.2 Å². The van der Waals surface area contributed by atoms with Crippen LogP contribution in [-0.2, 0) is 9.53 Å². The average Bonchev–Trinajstić information content (AvgIpc) is 3.37. The van der Waals surface area contributed by atoms with E-state index in [2.05, 4.69) is 45.8 Å². The van der Waals surface area contributed by atoms with Crippen molar-refractivity contribution in [3.05, 3.63) is 66.7 Å². The number of piperidine rings is 1. The minimum Gasteiger partial charge on any atom is -0.371 e. The standard InChI is InChI=1S/C26H29FN4O2/c27-22-6-8-23(9-7-22)29-26(32)20-12-14-30(15-13-20)24-10-4-19(5-11-24)21-17-28-31(18-21)25-3-1-2-16-33-25/h4-11,17-18,20,25H,1-3,12-16H2,(H,29,32). The number of halogens is 1. The van der Waals surface area contributed by atoms with E-state index >= 15 is 0 Å². The van der Waals surface area contributed by atoms with Gasteiger partial charge in [0.1, 0.15) is 12.0 Å². The minimum atomic E-state index is -0.306. The summed E-state index contributed by atoms with van der Waals surface area (Å²) in [6.45, 7) is 2.47. The summed E-state index contributed by atoms with van der Waals surface area (Å²) in [6, 6.07) is 14.4. The third kappa shape index (κ3) is 5.09. The predicted octanol–water partition coefficient (Wildman–Crippen LogP) is 5.24. The van der Waals surface area contributed by atoms with Crippen LogP contribution in [0.25, 0.3) is 11.1 Å². The van der Waals surface area contributed by atoms with E-state index in [1.807, 2.05) is 10.9 Å². The fourth-order valence-electron chi connectivity index (χ4n) is 4.62. The summed E-state index contributed by atoms with van der Waals surface area (Å²) in [6.07, 6.45) is 8.92. The third-order valence-electron chi connectivity index (χ3n) is 6.60. The first-order valence-electron chi connectivity index (χ1n) is 11.7. The number of hydrogen-bond acceptors (Lipinski definition) is 4. The molecule has 1 unspecified atom stereocenters. The molecular formula is C26H29FN4O2. The first-order valence-corrected chi connectivity index (χ1v) is 11.7. The van der Waals surface area contributed by atoms with E-state index < -0.39 is 0 Å². The molecule has 2 aliphatic heterocycles. The number of carbonyl (C=O) groups is 1. The molecule has 3 aromatic rings. The molecule has 172 valence electrons. The second-order valence-electron chi connectivity index (χ2n) is 8.83. The topological polar surface area (TPSA) is 59.4 Å². The van der Waals surface area contributed by atoms with E-state index in [9.17, 15) is 9.18 Å². The van der Waals surface area contributed by atoms with Crippen molar-refractivity contribution in [3.8, 4) is 11.1 Å². The Morgan fingerprint density at radius 3 is 2.42 bits per heavy atom. The first-order chi connectivity index (χ1) is 16.2. The van der Waals surface area contributed by atoms with Crippen LogP contribution in [-0.4, -0.2) is 35.4 Å². The van der Waals surface area contributed by atoms with Crippen LogP contribution in [0.3, 0.4) is 0 Å². The van der Waals surface area contributed by atoms with Crippen LogP contribution in [0.5, 0.6) is 0 Å². The zero-order valence-corrected chi connectivity index (χ0v) is 18.6. The minimum absolute atomic E-state index is 0.00978. The molecule has 0 aliphatic carbocycles. The van der Waals surface area contributed by atoms with Crippen LogP contribution >= 0.6 is 0 Å². The van der Waals surface area contributed by atoms with E-state index in [4.69, 9.17) is 4.74 Å². The molecule has 7 heteroatoms. The Labute approximate surface area is 193 Å². The number of anilines is 2. The lowest BCUT2D eigenvalue weighted by molar-refractivity contribution is -0.120. The van der Waals surface area contributed by atoms with E-state index in [0.717, 1.165) is 56.5 Å². The van der Waals surface area contributed by atoms with Gasteiger partial charge in [-0.3, -0.25) is 4.79 Å². The maximum atomic E-state index is 13.1. The average molecular weight is 449 g/mol. The molecule has 6 nitrogen and oxygen atoms in total. The van der Waals surface area contributed by atoms with Gasteiger partial charge in [0.05, 0.1) is 6.20 Å². The maximum absolute atomic E-state index is 13.1.